The first-order valence-electron chi connectivity index (χ1n) is 7.40. The second-order valence-electron chi connectivity index (χ2n) is 6.21. The molecular formula is C16H20N2O. The third-order valence-electron chi connectivity index (χ3n) is 5.01. The molecule has 0 aromatic heterocycles. The fraction of sp³-hybridized carbons (Fsp3) is 0.562. The number of hydrogen-bond donors (Lipinski definition) is 1. The van der Waals surface area contributed by atoms with E-state index in [-0.39, 0.29) is 5.92 Å². The maximum atomic E-state index is 12.5. The van der Waals surface area contributed by atoms with Gasteiger partial charge in [0.2, 0.25) is 5.91 Å². The van der Waals surface area contributed by atoms with Gasteiger partial charge in [-0.2, -0.15) is 0 Å². The Bertz CT molecular complexity index is 475. The van der Waals surface area contributed by atoms with E-state index in [0.29, 0.717) is 23.8 Å². The fourth-order valence-corrected chi connectivity index (χ4v) is 3.80. The Labute approximate surface area is 114 Å². The molecule has 3 fully saturated rings. The number of fused-ring (bicyclic) bond motifs is 1. The van der Waals surface area contributed by atoms with Gasteiger partial charge in [0.1, 0.15) is 0 Å². The summed E-state index contributed by atoms with van der Waals surface area (Å²) in [6, 6.07) is 11.0. The maximum absolute atomic E-state index is 12.5. The SMILES string of the molecule is O=C(C1CC1c1ccccc1)N1C[C@@H]2CCN[C@@H]2C1. The van der Waals surface area contributed by atoms with E-state index in [1.807, 2.05) is 6.07 Å². The molecule has 1 aromatic rings. The van der Waals surface area contributed by atoms with Crippen molar-refractivity contribution < 1.29 is 4.79 Å². The van der Waals surface area contributed by atoms with Crippen molar-refractivity contribution in [2.75, 3.05) is 19.6 Å². The zero-order valence-corrected chi connectivity index (χ0v) is 11.1. The molecule has 1 aliphatic carbocycles. The van der Waals surface area contributed by atoms with Gasteiger partial charge in [-0.05, 0) is 36.8 Å². The van der Waals surface area contributed by atoms with Crippen molar-refractivity contribution in [1.29, 1.82) is 0 Å². The Morgan fingerprint density at radius 1 is 1.21 bits per heavy atom. The van der Waals surface area contributed by atoms with Crippen LogP contribution in [0.15, 0.2) is 30.3 Å². The number of nitrogens with zero attached hydrogens (tertiary/aromatic N) is 1. The summed E-state index contributed by atoms with van der Waals surface area (Å²) in [4.78, 5) is 14.6. The standard InChI is InChI=1S/C16H20N2O/c19-16(18-9-12-6-7-17-15(12)10-18)14-8-13(14)11-4-2-1-3-5-11/h1-5,12-15,17H,6-10H2/t12-,13?,14?,15+/m0/s1. The number of carbonyl (C=O) groups is 1. The summed E-state index contributed by atoms with van der Waals surface area (Å²) < 4.78 is 0. The Hall–Kier alpha value is -1.35. The number of benzene rings is 1. The van der Waals surface area contributed by atoms with E-state index in [4.69, 9.17) is 0 Å². The fourth-order valence-electron chi connectivity index (χ4n) is 3.80. The molecule has 4 atom stereocenters. The minimum absolute atomic E-state index is 0.251. The molecule has 0 bridgehead atoms. The van der Waals surface area contributed by atoms with Gasteiger partial charge in [0.25, 0.3) is 0 Å². The summed E-state index contributed by atoms with van der Waals surface area (Å²) in [5.41, 5.74) is 1.33. The summed E-state index contributed by atoms with van der Waals surface area (Å²) >= 11 is 0. The van der Waals surface area contributed by atoms with E-state index < -0.39 is 0 Å². The van der Waals surface area contributed by atoms with Gasteiger partial charge < -0.3 is 10.2 Å². The molecule has 0 spiro atoms. The topological polar surface area (TPSA) is 32.3 Å². The average Bonchev–Trinajstić information content (AvgIpc) is 2.95. The van der Waals surface area contributed by atoms with Crippen molar-refractivity contribution in [3.05, 3.63) is 35.9 Å². The zero-order valence-electron chi connectivity index (χ0n) is 11.1. The third-order valence-corrected chi connectivity index (χ3v) is 5.01. The van der Waals surface area contributed by atoms with E-state index in [9.17, 15) is 4.79 Å². The summed E-state index contributed by atoms with van der Waals surface area (Å²) in [7, 11) is 0. The van der Waals surface area contributed by atoms with Crippen LogP contribution >= 0.6 is 0 Å². The highest BCUT2D eigenvalue weighted by atomic mass is 16.2. The van der Waals surface area contributed by atoms with E-state index in [1.165, 1.54) is 12.0 Å². The first-order valence-corrected chi connectivity index (χ1v) is 7.40. The molecule has 4 rings (SSSR count). The molecule has 1 N–H and O–H groups in total. The van der Waals surface area contributed by atoms with E-state index in [2.05, 4.69) is 34.5 Å². The van der Waals surface area contributed by atoms with Crippen LogP contribution in [0.4, 0.5) is 0 Å². The van der Waals surface area contributed by atoms with Crippen LogP contribution in [0, 0.1) is 11.8 Å². The molecule has 19 heavy (non-hydrogen) atoms. The minimum Gasteiger partial charge on any atom is -0.341 e. The van der Waals surface area contributed by atoms with Crippen molar-refractivity contribution in [1.82, 2.24) is 10.2 Å². The monoisotopic (exact) mass is 256 g/mol. The van der Waals surface area contributed by atoms with Crippen LogP contribution in [0.1, 0.15) is 24.3 Å². The van der Waals surface area contributed by atoms with Gasteiger partial charge in [0, 0.05) is 25.0 Å². The van der Waals surface area contributed by atoms with E-state index in [0.717, 1.165) is 26.1 Å². The average molecular weight is 256 g/mol. The van der Waals surface area contributed by atoms with E-state index >= 15 is 0 Å². The predicted molar refractivity (Wildman–Crippen MR) is 73.8 cm³/mol. The molecule has 100 valence electrons. The molecule has 2 saturated heterocycles. The van der Waals surface area contributed by atoms with Crippen LogP contribution in [0.5, 0.6) is 0 Å². The largest absolute Gasteiger partial charge is 0.341 e. The van der Waals surface area contributed by atoms with Crippen LogP contribution in [0.2, 0.25) is 0 Å². The Morgan fingerprint density at radius 2 is 2.05 bits per heavy atom. The van der Waals surface area contributed by atoms with Crippen molar-refractivity contribution in [3.63, 3.8) is 0 Å². The third kappa shape index (κ3) is 1.96. The van der Waals surface area contributed by atoms with Crippen molar-refractivity contribution in [2.24, 2.45) is 11.8 Å². The lowest BCUT2D eigenvalue weighted by Gasteiger charge is -2.17. The summed E-state index contributed by atoms with van der Waals surface area (Å²) in [5.74, 6) is 1.83. The highest BCUT2D eigenvalue weighted by Gasteiger charge is 2.48. The van der Waals surface area contributed by atoms with Crippen LogP contribution in [-0.4, -0.2) is 36.5 Å². The Balaban J connectivity index is 1.41. The molecule has 3 heteroatoms. The molecule has 1 aromatic carbocycles. The summed E-state index contributed by atoms with van der Waals surface area (Å²) in [5, 5.41) is 3.51. The van der Waals surface area contributed by atoms with Gasteiger partial charge in [0.05, 0.1) is 0 Å². The normalized spacial score (nSPS) is 36.3. The van der Waals surface area contributed by atoms with Gasteiger partial charge >= 0.3 is 0 Å². The Kier molecular flexibility index (Phi) is 2.62. The van der Waals surface area contributed by atoms with Crippen LogP contribution in [-0.2, 0) is 4.79 Å². The minimum atomic E-state index is 0.251. The lowest BCUT2D eigenvalue weighted by atomic mass is 10.1. The van der Waals surface area contributed by atoms with Crippen LogP contribution in [0.25, 0.3) is 0 Å². The van der Waals surface area contributed by atoms with E-state index in [1.54, 1.807) is 0 Å². The molecular weight excluding hydrogens is 236 g/mol. The molecule has 2 unspecified atom stereocenters. The predicted octanol–water partition coefficient (Wildman–Crippen LogP) is 1.61. The zero-order chi connectivity index (χ0) is 12.8. The molecule has 1 amide bonds. The lowest BCUT2D eigenvalue weighted by molar-refractivity contribution is -0.131. The number of rotatable bonds is 2. The Morgan fingerprint density at radius 3 is 2.84 bits per heavy atom. The second kappa shape index (κ2) is 4.34. The van der Waals surface area contributed by atoms with Gasteiger partial charge in [-0.25, -0.2) is 0 Å². The van der Waals surface area contributed by atoms with Crippen LogP contribution < -0.4 is 5.32 Å². The molecule has 2 heterocycles. The molecule has 2 aliphatic heterocycles. The molecule has 3 aliphatic rings. The number of nitrogens with one attached hydrogen (secondary N) is 1. The molecule has 0 radical (unpaired) electrons. The summed E-state index contributed by atoms with van der Waals surface area (Å²) in [6.07, 6.45) is 2.28. The number of hydrogen-bond acceptors (Lipinski definition) is 2. The number of likely N-dealkylation sites (tertiary alicyclic amines) is 1. The van der Waals surface area contributed by atoms with Crippen molar-refractivity contribution in [3.8, 4) is 0 Å². The summed E-state index contributed by atoms with van der Waals surface area (Å²) in [6.45, 7) is 3.05. The van der Waals surface area contributed by atoms with Gasteiger partial charge in [-0.3, -0.25) is 4.79 Å². The lowest BCUT2D eigenvalue weighted by Crippen LogP contribution is -2.35. The first kappa shape index (κ1) is 11.5. The molecule has 3 nitrogen and oxygen atoms in total. The van der Waals surface area contributed by atoms with Crippen LogP contribution in [0.3, 0.4) is 0 Å². The highest BCUT2D eigenvalue weighted by Crippen LogP contribution is 2.48. The van der Waals surface area contributed by atoms with Gasteiger partial charge in [-0.1, -0.05) is 30.3 Å². The van der Waals surface area contributed by atoms with Gasteiger partial charge in [0.15, 0.2) is 0 Å². The second-order valence-corrected chi connectivity index (χ2v) is 6.21. The quantitative estimate of drug-likeness (QED) is 0.872. The number of amides is 1. The van der Waals surface area contributed by atoms with Crippen molar-refractivity contribution in [2.45, 2.75) is 24.8 Å². The highest BCUT2D eigenvalue weighted by molar-refractivity contribution is 5.83. The molecule has 1 saturated carbocycles. The number of carbonyl (C=O) groups excluding carboxylic acids is 1. The smallest absolute Gasteiger partial charge is 0.226 e. The first-order chi connectivity index (χ1) is 9.33. The van der Waals surface area contributed by atoms with Gasteiger partial charge in [-0.15, -0.1) is 0 Å². The maximum Gasteiger partial charge on any atom is 0.226 e. The van der Waals surface area contributed by atoms with Crippen molar-refractivity contribution >= 4 is 5.91 Å².